The number of para-hydroxylation sites is 1. The van der Waals surface area contributed by atoms with Crippen LogP contribution in [0.1, 0.15) is 40.4 Å². The quantitative estimate of drug-likeness (QED) is 0.364. The van der Waals surface area contributed by atoms with Crippen LogP contribution >= 0.6 is 0 Å². The van der Waals surface area contributed by atoms with Crippen molar-refractivity contribution in [2.45, 2.75) is 33.9 Å². The van der Waals surface area contributed by atoms with E-state index in [9.17, 15) is 9.59 Å². The normalized spacial score (nSPS) is 11.1. The molecule has 36 heavy (non-hydrogen) atoms. The molecule has 0 bridgehead atoms. The topological polar surface area (TPSA) is 124 Å². The molecule has 11 heteroatoms. The Morgan fingerprint density at radius 1 is 0.917 bits per heavy atom. The number of anilines is 2. The Labute approximate surface area is 206 Å². The molecule has 4 heterocycles. The Hall–Kier alpha value is -4.80. The number of aryl methyl sites for hydroxylation is 3. The summed E-state index contributed by atoms with van der Waals surface area (Å²) in [7, 11) is 0. The number of nitrogens with zero attached hydrogens (tertiary/aromatic N) is 7. The molecule has 5 aromatic rings. The number of hydrogen-bond acceptors (Lipinski definition) is 6. The summed E-state index contributed by atoms with van der Waals surface area (Å²) in [5.74, 6) is -0.868. The maximum Gasteiger partial charge on any atom is 0.278 e. The number of aromatic nitrogens is 7. The first-order valence-electron chi connectivity index (χ1n) is 11.6. The maximum absolute atomic E-state index is 13.3. The minimum Gasteiger partial charge on any atom is -0.321 e. The standard InChI is InChI=1S/C25H25N9O2/c1-4-32-14-19(16(3)30-32)21-11-12-26-23-18(13-27-34(21)23)24(35)29-20-15-33(5-2)31-22(20)25(36)28-17-9-7-6-8-10-17/h6-15H,4-5H2,1-3H3,(H,28,36)(H,29,35). The number of carbonyl (C=O) groups excluding carboxylic acids is 2. The fourth-order valence-corrected chi connectivity index (χ4v) is 3.93. The zero-order chi connectivity index (χ0) is 25.2. The lowest BCUT2D eigenvalue weighted by molar-refractivity contribution is 0.102. The molecule has 2 amide bonds. The van der Waals surface area contributed by atoms with E-state index in [1.807, 2.05) is 55.9 Å². The van der Waals surface area contributed by atoms with Crippen molar-refractivity contribution in [3.63, 3.8) is 0 Å². The zero-order valence-electron chi connectivity index (χ0n) is 20.1. The summed E-state index contributed by atoms with van der Waals surface area (Å²) in [6, 6.07) is 10.9. The third-order valence-corrected chi connectivity index (χ3v) is 5.77. The predicted molar refractivity (Wildman–Crippen MR) is 135 cm³/mol. The SMILES string of the molecule is CCn1cc(-c2ccnc3c(C(=O)Nc4cn(CC)nc4C(=O)Nc4ccccc4)cnn23)c(C)n1. The van der Waals surface area contributed by atoms with Gasteiger partial charge >= 0.3 is 0 Å². The fourth-order valence-electron chi connectivity index (χ4n) is 3.93. The first kappa shape index (κ1) is 23.0. The molecule has 4 aromatic heterocycles. The molecule has 182 valence electrons. The van der Waals surface area contributed by atoms with Gasteiger partial charge in [-0.1, -0.05) is 18.2 Å². The van der Waals surface area contributed by atoms with Crippen LogP contribution in [0.5, 0.6) is 0 Å². The highest BCUT2D eigenvalue weighted by Crippen LogP contribution is 2.25. The molecular formula is C25H25N9O2. The molecule has 0 aliphatic heterocycles. The number of benzene rings is 1. The van der Waals surface area contributed by atoms with Crippen molar-refractivity contribution in [1.82, 2.24) is 34.2 Å². The molecule has 2 N–H and O–H groups in total. The van der Waals surface area contributed by atoms with Crippen LogP contribution in [-0.4, -0.2) is 46.0 Å². The van der Waals surface area contributed by atoms with Crippen molar-refractivity contribution in [3.8, 4) is 11.3 Å². The molecule has 0 fully saturated rings. The number of carbonyl (C=O) groups is 2. The van der Waals surface area contributed by atoms with Crippen molar-refractivity contribution < 1.29 is 9.59 Å². The van der Waals surface area contributed by atoms with Crippen molar-refractivity contribution in [2.24, 2.45) is 0 Å². The van der Waals surface area contributed by atoms with E-state index in [2.05, 4.69) is 30.9 Å². The van der Waals surface area contributed by atoms with Crippen molar-refractivity contribution >= 4 is 28.8 Å². The van der Waals surface area contributed by atoms with Gasteiger partial charge in [-0.2, -0.15) is 15.3 Å². The number of nitrogens with one attached hydrogen (secondary N) is 2. The second-order valence-electron chi connectivity index (χ2n) is 8.13. The van der Waals surface area contributed by atoms with Gasteiger partial charge in [-0.3, -0.25) is 19.0 Å². The fraction of sp³-hybridized carbons (Fsp3) is 0.200. The average molecular weight is 484 g/mol. The van der Waals surface area contributed by atoms with Gasteiger partial charge in [0, 0.05) is 42.9 Å². The van der Waals surface area contributed by atoms with Crippen LogP contribution in [0.4, 0.5) is 11.4 Å². The molecule has 0 saturated carbocycles. The molecule has 11 nitrogen and oxygen atoms in total. The van der Waals surface area contributed by atoms with Crippen molar-refractivity contribution in [3.05, 3.63) is 78.1 Å². The lowest BCUT2D eigenvalue weighted by Gasteiger charge is -2.06. The van der Waals surface area contributed by atoms with E-state index < -0.39 is 11.8 Å². The van der Waals surface area contributed by atoms with E-state index in [4.69, 9.17) is 0 Å². The van der Waals surface area contributed by atoms with E-state index in [0.29, 0.717) is 23.6 Å². The highest BCUT2D eigenvalue weighted by molar-refractivity contribution is 6.13. The Bertz CT molecular complexity index is 1560. The Balaban J connectivity index is 1.45. The van der Waals surface area contributed by atoms with E-state index in [-0.39, 0.29) is 11.3 Å². The smallest absolute Gasteiger partial charge is 0.278 e. The van der Waals surface area contributed by atoms with E-state index in [1.54, 1.807) is 33.7 Å². The van der Waals surface area contributed by atoms with Gasteiger partial charge in [0.1, 0.15) is 5.56 Å². The summed E-state index contributed by atoms with van der Waals surface area (Å²) in [4.78, 5) is 30.6. The molecule has 0 unspecified atom stereocenters. The summed E-state index contributed by atoms with van der Waals surface area (Å²) < 4.78 is 5.06. The van der Waals surface area contributed by atoms with Crippen LogP contribution in [0.3, 0.4) is 0 Å². The van der Waals surface area contributed by atoms with E-state index >= 15 is 0 Å². The largest absolute Gasteiger partial charge is 0.321 e. The number of hydrogen-bond donors (Lipinski definition) is 2. The monoisotopic (exact) mass is 483 g/mol. The number of amides is 2. The molecule has 0 atom stereocenters. The molecule has 5 rings (SSSR count). The molecular weight excluding hydrogens is 458 g/mol. The van der Waals surface area contributed by atoms with E-state index in [1.165, 1.54) is 6.20 Å². The molecule has 0 spiro atoms. The maximum atomic E-state index is 13.3. The highest BCUT2D eigenvalue weighted by atomic mass is 16.2. The average Bonchev–Trinajstić information content (AvgIpc) is 3.60. The van der Waals surface area contributed by atoms with Crippen LogP contribution in [0.25, 0.3) is 16.9 Å². The second kappa shape index (κ2) is 9.45. The first-order chi connectivity index (χ1) is 17.5. The van der Waals surface area contributed by atoms with Gasteiger partial charge in [0.25, 0.3) is 11.8 Å². The first-order valence-corrected chi connectivity index (χ1v) is 11.6. The predicted octanol–water partition coefficient (Wildman–Crippen LogP) is 3.64. The minimum absolute atomic E-state index is 0.113. The summed E-state index contributed by atoms with van der Waals surface area (Å²) in [6.07, 6.45) is 6.68. The molecule has 0 radical (unpaired) electrons. The van der Waals surface area contributed by atoms with Gasteiger partial charge < -0.3 is 10.6 Å². The zero-order valence-corrected chi connectivity index (χ0v) is 20.1. The van der Waals surface area contributed by atoms with Gasteiger partial charge in [-0.25, -0.2) is 9.50 Å². The van der Waals surface area contributed by atoms with Crippen LogP contribution in [0, 0.1) is 6.92 Å². The third kappa shape index (κ3) is 4.22. The number of fused-ring (bicyclic) bond motifs is 1. The van der Waals surface area contributed by atoms with Crippen LogP contribution in [-0.2, 0) is 13.1 Å². The second-order valence-corrected chi connectivity index (χ2v) is 8.13. The number of rotatable bonds is 7. The molecule has 0 saturated heterocycles. The minimum atomic E-state index is -0.444. The van der Waals surface area contributed by atoms with Crippen molar-refractivity contribution in [1.29, 1.82) is 0 Å². The third-order valence-electron chi connectivity index (χ3n) is 5.77. The Kier molecular flexibility index (Phi) is 6.03. The lowest BCUT2D eigenvalue weighted by Crippen LogP contribution is -2.18. The summed E-state index contributed by atoms with van der Waals surface area (Å²) in [5.41, 5.74) is 4.25. The van der Waals surface area contributed by atoms with Gasteiger partial charge in [0.2, 0.25) is 0 Å². The van der Waals surface area contributed by atoms with Gasteiger partial charge in [0.05, 0.1) is 23.3 Å². The summed E-state index contributed by atoms with van der Waals surface area (Å²) >= 11 is 0. The van der Waals surface area contributed by atoms with Crippen LogP contribution in [0.2, 0.25) is 0 Å². The molecule has 0 aliphatic carbocycles. The summed E-state index contributed by atoms with van der Waals surface area (Å²) in [6.45, 7) is 7.13. The lowest BCUT2D eigenvalue weighted by atomic mass is 10.2. The highest BCUT2D eigenvalue weighted by Gasteiger charge is 2.22. The summed E-state index contributed by atoms with van der Waals surface area (Å²) in [5, 5.41) is 18.9. The molecule has 1 aromatic carbocycles. The van der Waals surface area contributed by atoms with E-state index in [0.717, 1.165) is 23.5 Å². The Morgan fingerprint density at radius 3 is 2.39 bits per heavy atom. The van der Waals surface area contributed by atoms with Gasteiger partial charge in [-0.15, -0.1) is 0 Å². The Morgan fingerprint density at radius 2 is 1.67 bits per heavy atom. The van der Waals surface area contributed by atoms with Crippen molar-refractivity contribution in [2.75, 3.05) is 10.6 Å². The molecule has 0 aliphatic rings. The van der Waals surface area contributed by atoms with Crippen LogP contribution < -0.4 is 10.6 Å². The van der Waals surface area contributed by atoms with Crippen LogP contribution in [0.15, 0.2) is 61.2 Å². The van der Waals surface area contributed by atoms with Gasteiger partial charge in [0.15, 0.2) is 11.3 Å². The van der Waals surface area contributed by atoms with Gasteiger partial charge in [-0.05, 0) is 39.0 Å².